The van der Waals surface area contributed by atoms with Crippen molar-refractivity contribution in [3.8, 4) is 0 Å². The first kappa shape index (κ1) is 11.7. The zero-order chi connectivity index (χ0) is 11.8. The highest BCUT2D eigenvalue weighted by molar-refractivity contribution is 5.69. The van der Waals surface area contributed by atoms with Crippen molar-refractivity contribution in [2.24, 2.45) is 0 Å². The second kappa shape index (κ2) is 4.24. The number of nitrogens with zero attached hydrogens (tertiary/aromatic N) is 1. The largest absolute Gasteiger partial charge is 0.444 e. The van der Waals surface area contributed by atoms with Crippen LogP contribution in [0.4, 0.5) is 4.79 Å². The molecule has 0 unspecified atom stereocenters. The fourth-order valence-electron chi connectivity index (χ4n) is 2.46. The predicted octanol–water partition coefficient (Wildman–Crippen LogP) is 1.75. The first-order chi connectivity index (χ1) is 7.46. The van der Waals surface area contributed by atoms with Gasteiger partial charge in [0.2, 0.25) is 0 Å². The molecule has 3 fully saturated rings. The van der Waals surface area contributed by atoms with Gasteiger partial charge in [-0.25, -0.2) is 4.79 Å². The minimum absolute atomic E-state index is 0.147. The summed E-state index contributed by atoms with van der Waals surface area (Å²) in [6.07, 6.45) is 3.34. The number of carbonyl (C=O) groups excluding carboxylic acids is 1. The normalized spacial score (nSPS) is 30.1. The Hall–Kier alpha value is -0.770. The number of fused-ring (bicyclic) bond motifs is 4. The lowest BCUT2D eigenvalue weighted by Gasteiger charge is -2.38. The average Bonchev–Trinajstić information content (AvgIpc) is 2.48. The van der Waals surface area contributed by atoms with Crippen LogP contribution >= 0.6 is 0 Å². The lowest BCUT2D eigenvalue weighted by molar-refractivity contribution is 0.00989. The smallest absolute Gasteiger partial charge is 0.410 e. The third-order valence-electron chi connectivity index (χ3n) is 3.22. The van der Waals surface area contributed by atoms with Crippen LogP contribution in [0, 0.1) is 0 Å². The van der Waals surface area contributed by atoms with Gasteiger partial charge < -0.3 is 15.0 Å². The molecule has 0 saturated carbocycles. The molecule has 1 N–H and O–H groups in total. The first-order valence-electron chi connectivity index (χ1n) is 6.19. The van der Waals surface area contributed by atoms with Crippen LogP contribution in [-0.4, -0.2) is 41.8 Å². The summed E-state index contributed by atoms with van der Waals surface area (Å²) in [5.74, 6) is 0. The maximum absolute atomic E-state index is 12.0. The van der Waals surface area contributed by atoms with Crippen LogP contribution in [0.15, 0.2) is 0 Å². The molecule has 0 aromatic rings. The Balaban J connectivity index is 2.01. The number of carbonyl (C=O) groups is 1. The van der Waals surface area contributed by atoms with E-state index >= 15 is 0 Å². The Labute approximate surface area is 97.3 Å². The van der Waals surface area contributed by atoms with Gasteiger partial charge in [0, 0.05) is 25.2 Å². The molecule has 3 saturated heterocycles. The van der Waals surface area contributed by atoms with Crippen molar-refractivity contribution in [2.75, 3.05) is 13.1 Å². The molecule has 0 spiro atoms. The molecule has 1 amide bonds. The molecule has 3 rings (SSSR count). The fraction of sp³-hybridized carbons (Fsp3) is 0.917. The quantitative estimate of drug-likeness (QED) is 0.684. The topological polar surface area (TPSA) is 41.6 Å². The van der Waals surface area contributed by atoms with E-state index in [2.05, 4.69) is 5.32 Å². The van der Waals surface area contributed by atoms with E-state index in [4.69, 9.17) is 4.74 Å². The van der Waals surface area contributed by atoms with E-state index in [0.29, 0.717) is 12.1 Å². The second-order valence-electron chi connectivity index (χ2n) is 5.82. The average molecular weight is 226 g/mol. The Morgan fingerprint density at radius 2 is 2.12 bits per heavy atom. The van der Waals surface area contributed by atoms with Gasteiger partial charge >= 0.3 is 6.09 Å². The van der Waals surface area contributed by atoms with Crippen LogP contribution in [0.2, 0.25) is 0 Å². The summed E-state index contributed by atoms with van der Waals surface area (Å²) in [6, 6.07) is 0.792. The van der Waals surface area contributed by atoms with Gasteiger partial charge in [-0.2, -0.15) is 0 Å². The van der Waals surface area contributed by atoms with Crippen molar-refractivity contribution in [3.05, 3.63) is 0 Å². The van der Waals surface area contributed by atoms with Gasteiger partial charge in [0.1, 0.15) is 5.60 Å². The number of nitrogens with one attached hydrogen (secondary N) is 1. The molecule has 0 radical (unpaired) electrons. The first-order valence-corrected chi connectivity index (χ1v) is 6.19. The monoisotopic (exact) mass is 226 g/mol. The third kappa shape index (κ3) is 2.67. The summed E-state index contributed by atoms with van der Waals surface area (Å²) in [5, 5.41) is 3.48. The number of hydrogen-bond acceptors (Lipinski definition) is 3. The molecular weight excluding hydrogens is 204 g/mol. The van der Waals surface area contributed by atoms with Crippen LogP contribution in [0.3, 0.4) is 0 Å². The van der Waals surface area contributed by atoms with Gasteiger partial charge in [0.15, 0.2) is 0 Å². The molecule has 4 nitrogen and oxygen atoms in total. The second-order valence-corrected chi connectivity index (χ2v) is 5.82. The van der Waals surface area contributed by atoms with Crippen LogP contribution in [-0.2, 0) is 4.74 Å². The molecule has 2 bridgehead atoms. The van der Waals surface area contributed by atoms with Gasteiger partial charge in [0.05, 0.1) is 0 Å². The molecular formula is C12H22N2O2. The van der Waals surface area contributed by atoms with E-state index < -0.39 is 5.60 Å². The number of hydrogen-bond donors (Lipinski definition) is 1. The van der Waals surface area contributed by atoms with E-state index in [1.807, 2.05) is 25.7 Å². The summed E-state index contributed by atoms with van der Waals surface area (Å²) in [7, 11) is 0. The van der Waals surface area contributed by atoms with Crippen LogP contribution < -0.4 is 5.32 Å². The molecule has 0 aromatic heterocycles. The minimum Gasteiger partial charge on any atom is -0.444 e. The summed E-state index contributed by atoms with van der Waals surface area (Å²) < 4.78 is 5.44. The van der Waals surface area contributed by atoms with E-state index in [-0.39, 0.29) is 6.09 Å². The molecule has 16 heavy (non-hydrogen) atoms. The van der Waals surface area contributed by atoms with E-state index in [0.717, 1.165) is 19.5 Å². The highest BCUT2D eigenvalue weighted by Crippen LogP contribution is 2.23. The summed E-state index contributed by atoms with van der Waals surface area (Å²) in [5.41, 5.74) is -0.393. The zero-order valence-electron chi connectivity index (χ0n) is 10.5. The molecule has 92 valence electrons. The summed E-state index contributed by atoms with van der Waals surface area (Å²) >= 11 is 0. The van der Waals surface area contributed by atoms with E-state index in [1.165, 1.54) is 12.8 Å². The highest BCUT2D eigenvalue weighted by Gasteiger charge is 2.35. The molecule has 3 aliphatic heterocycles. The number of rotatable bonds is 0. The highest BCUT2D eigenvalue weighted by atomic mass is 16.6. The van der Waals surface area contributed by atoms with Crippen molar-refractivity contribution < 1.29 is 9.53 Å². The van der Waals surface area contributed by atoms with Gasteiger partial charge in [-0.05, 0) is 40.0 Å². The van der Waals surface area contributed by atoms with Gasteiger partial charge in [-0.15, -0.1) is 0 Å². The maximum Gasteiger partial charge on any atom is 0.410 e. The summed E-state index contributed by atoms with van der Waals surface area (Å²) in [4.78, 5) is 13.9. The molecule has 0 aromatic carbocycles. The zero-order valence-corrected chi connectivity index (χ0v) is 10.5. The molecule has 0 aliphatic carbocycles. The lowest BCUT2D eigenvalue weighted by atomic mass is 10.1. The molecule has 2 atom stereocenters. The van der Waals surface area contributed by atoms with Gasteiger partial charge in [-0.3, -0.25) is 0 Å². The van der Waals surface area contributed by atoms with Crippen LogP contribution in [0.25, 0.3) is 0 Å². The van der Waals surface area contributed by atoms with Crippen molar-refractivity contribution in [2.45, 2.75) is 57.7 Å². The van der Waals surface area contributed by atoms with E-state index in [1.54, 1.807) is 0 Å². The van der Waals surface area contributed by atoms with Gasteiger partial charge in [0.25, 0.3) is 0 Å². The Kier molecular flexibility index (Phi) is 3.10. The Bertz CT molecular complexity index is 269. The number of piperazine rings is 1. The van der Waals surface area contributed by atoms with Crippen molar-refractivity contribution in [1.82, 2.24) is 10.2 Å². The lowest BCUT2D eigenvalue weighted by Crippen LogP contribution is -2.57. The van der Waals surface area contributed by atoms with Gasteiger partial charge in [-0.1, -0.05) is 0 Å². The SMILES string of the molecule is CC(C)(C)OC(=O)N1C[C@H]2CCC[C@H]1CN2. The number of ether oxygens (including phenoxy) is 1. The maximum atomic E-state index is 12.0. The molecule has 4 heteroatoms. The predicted molar refractivity (Wildman–Crippen MR) is 62.4 cm³/mol. The summed E-state index contributed by atoms with van der Waals surface area (Å²) in [6.45, 7) is 7.47. The standard InChI is InChI=1S/C12H22N2O2/c1-12(2,3)16-11(15)14-8-9-5-4-6-10(14)7-13-9/h9-10,13H,4-8H2,1-3H3/t9-,10+/m1/s1. The van der Waals surface area contributed by atoms with Crippen molar-refractivity contribution in [1.29, 1.82) is 0 Å². The third-order valence-corrected chi connectivity index (χ3v) is 3.22. The Morgan fingerprint density at radius 1 is 1.38 bits per heavy atom. The minimum atomic E-state index is -0.393. The Morgan fingerprint density at radius 3 is 2.81 bits per heavy atom. The molecule has 3 heterocycles. The van der Waals surface area contributed by atoms with E-state index in [9.17, 15) is 4.79 Å². The molecule has 3 aliphatic rings. The van der Waals surface area contributed by atoms with Crippen molar-refractivity contribution >= 4 is 6.09 Å². The van der Waals surface area contributed by atoms with Crippen molar-refractivity contribution in [3.63, 3.8) is 0 Å². The van der Waals surface area contributed by atoms with Crippen LogP contribution in [0.5, 0.6) is 0 Å². The number of amides is 1. The fourth-order valence-corrected chi connectivity index (χ4v) is 2.46. The van der Waals surface area contributed by atoms with Crippen LogP contribution in [0.1, 0.15) is 40.0 Å².